The Balaban J connectivity index is 1.74. The predicted molar refractivity (Wildman–Crippen MR) is 78.6 cm³/mol. The molecule has 106 valence electrons. The second-order valence-corrected chi connectivity index (χ2v) is 4.85. The number of nitrogens with zero attached hydrogens (tertiary/aromatic N) is 2. The van der Waals surface area contributed by atoms with Crippen LogP contribution in [-0.2, 0) is 0 Å². The molecule has 1 saturated heterocycles. The van der Waals surface area contributed by atoms with E-state index in [4.69, 9.17) is 10.5 Å². The Bertz CT molecular complexity index is 391. The van der Waals surface area contributed by atoms with Gasteiger partial charge in [0.2, 0.25) is 5.88 Å². The molecule has 1 aromatic heterocycles. The fourth-order valence-corrected chi connectivity index (χ4v) is 2.33. The molecule has 1 aliphatic heterocycles. The van der Waals surface area contributed by atoms with Crippen LogP contribution in [0, 0.1) is 0 Å². The van der Waals surface area contributed by atoms with Crippen LogP contribution in [0.2, 0.25) is 0 Å². The van der Waals surface area contributed by atoms with E-state index in [1.54, 1.807) is 0 Å². The Kier molecular flexibility index (Phi) is 5.27. The van der Waals surface area contributed by atoms with E-state index >= 15 is 0 Å². The molecule has 5 nitrogen and oxygen atoms in total. The first-order valence-corrected chi connectivity index (χ1v) is 7.15. The maximum absolute atomic E-state index is 5.79. The van der Waals surface area contributed by atoms with E-state index in [0.29, 0.717) is 18.2 Å². The predicted octanol–water partition coefficient (Wildman–Crippen LogP) is 1.96. The lowest BCUT2D eigenvalue weighted by Gasteiger charge is -2.14. The molecule has 0 amide bonds. The van der Waals surface area contributed by atoms with Crippen molar-refractivity contribution >= 4 is 11.5 Å². The minimum Gasteiger partial charge on any atom is -0.476 e. The van der Waals surface area contributed by atoms with E-state index < -0.39 is 0 Å². The number of nitrogens with one attached hydrogen (secondary N) is 1. The van der Waals surface area contributed by atoms with Gasteiger partial charge in [0.25, 0.3) is 0 Å². The highest BCUT2D eigenvalue weighted by Crippen LogP contribution is 2.20. The summed E-state index contributed by atoms with van der Waals surface area (Å²) in [7, 11) is 0. The van der Waals surface area contributed by atoms with Gasteiger partial charge in [0.15, 0.2) is 0 Å². The Morgan fingerprint density at radius 1 is 1.37 bits per heavy atom. The molecule has 0 atom stereocenters. The lowest BCUT2D eigenvalue weighted by atomic mass is 10.3. The molecule has 2 rings (SSSR count). The monoisotopic (exact) mass is 264 g/mol. The third-order valence-corrected chi connectivity index (χ3v) is 3.33. The fourth-order valence-electron chi connectivity index (χ4n) is 2.33. The standard InChI is InChI=1S/C14H24N4O/c1-2-19-14-12(15)6-7-13(17-14)16-8-5-11-18-9-3-4-10-18/h6-7H,2-5,8-11,15H2,1H3,(H,16,17). The van der Waals surface area contributed by atoms with Crippen LogP contribution in [-0.4, -0.2) is 42.7 Å². The van der Waals surface area contributed by atoms with Gasteiger partial charge in [-0.15, -0.1) is 0 Å². The molecular weight excluding hydrogens is 240 g/mol. The number of ether oxygens (including phenoxy) is 1. The molecule has 1 fully saturated rings. The lowest BCUT2D eigenvalue weighted by molar-refractivity contribution is 0.329. The van der Waals surface area contributed by atoms with Gasteiger partial charge in [0.05, 0.1) is 12.3 Å². The Hall–Kier alpha value is -1.49. The highest BCUT2D eigenvalue weighted by Gasteiger charge is 2.10. The highest BCUT2D eigenvalue weighted by atomic mass is 16.5. The van der Waals surface area contributed by atoms with Crippen molar-refractivity contribution in [3.63, 3.8) is 0 Å². The largest absolute Gasteiger partial charge is 0.476 e. The normalized spacial score (nSPS) is 15.6. The molecule has 2 heterocycles. The molecule has 0 saturated carbocycles. The number of anilines is 2. The first-order chi connectivity index (χ1) is 9.29. The van der Waals surface area contributed by atoms with Crippen LogP contribution in [0.4, 0.5) is 11.5 Å². The van der Waals surface area contributed by atoms with Crippen LogP contribution in [0.15, 0.2) is 12.1 Å². The van der Waals surface area contributed by atoms with Crippen LogP contribution in [0.25, 0.3) is 0 Å². The minimum atomic E-state index is 0.520. The van der Waals surface area contributed by atoms with Gasteiger partial charge in [-0.2, -0.15) is 4.98 Å². The topological polar surface area (TPSA) is 63.4 Å². The fraction of sp³-hybridized carbons (Fsp3) is 0.643. The van der Waals surface area contributed by atoms with Crippen molar-refractivity contribution in [1.29, 1.82) is 0 Å². The van der Waals surface area contributed by atoms with Crippen LogP contribution < -0.4 is 15.8 Å². The summed E-state index contributed by atoms with van der Waals surface area (Å²) in [4.78, 5) is 6.88. The van der Waals surface area contributed by atoms with Gasteiger partial charge in [0.1, 0.15) is 5.82 Å². The molecule has 0 radical (unpaired) electrons. The molecule has 3 N–H and O–H groups in total. The maximum Gasteiger partial charge on any atom is 0.239 e. The van der Waals surface area contributed by atoms with Crippen molar-refractivity contribution in [3.05, 3.63) is 12.1 Å². The van der Waals surface area contributed by atoms with Gasteiger partial charge >= 0.3 is 0 Å². The maximum atomic E-state index is 5.79. The zero-order valence-electron chi connectivity index (χ0n) is 11.7. The summed E-state index contributed by atoms with van der Waals surface area (Å²) < 4.78 is 5.38. The van der Waals surface area contributed by atoms with Crippen LogP contribution in [0.5, 0.6) is 5.88 Å². The van der Waals surface area contributed by atoms with E-state index in [9.17, 15) is 0 Å². The average molecular weight is 264 g/mol. The summed E-state index contributed by atoms with van der Waals surface area (Å²) >= 11 is 0. The number of pyridine rings is 1. The highest BCUT2D eigenvalue weighted by molar-refractivity contribution is 5.53. The summed E-state index contributed by atoms with van der Waals surface area (Å²) in [6.45, 7) is 7.12. The van der Waals surface area contributed by atoms with Crippen molar-refractivity contribution < 1.29 is 4.74 Å². The van der Waals surface area contributed by atoms with Crippen molar-refractivity contribution in [2.24, 2.45) is 0 Å². The Morgan fingerprint density at radius 2 is 2.16 bits per heavy atom. The molecule has 1 aromatic rings. The number of hydrogen-bond donors (Lipinski definition) is 2. The number of aromatic nitrogens is 1. The lowest BCUT2D eigenvalue weighted by Crippen LogP contribution is -2.22. The smallest absolute Gasteiger partial charge is 0.239 e. The number of hydrogen-bond acceptors (Lipinski definition) is 5. The summed E-state index contributed by atoms with van der Waals surface area (Å²) in [6, 6.07) is 3.73. The minimum absolute atomic E-state index is 0.520. The number of rotatable bonds is 7. The third kappa shape index (κ3) is 4.28. The zero-order valence-corrected chi connectivity index (χ0v) is 11.7. The van der Waals surface area contributed by atoms with E-state index in [0.717, 1.165) is 18.8 Å². The molecule has 1 aliphatic rings. The molecule has 0 spiro atoms. The molecule has 0 bridgehead atoms. The third-order valence-electron chi connectivity index (χ3n) is 3.33. The van der Waals surface area contributed by atoms with Gasteiger partial charge in [-0.05, 0) is 58.0 Å². The molecule has 19 heavy (non-hydrogen) atoms. The SMILES string of the molecule is CCOc1nc(NCCCN2CCCC2)ccc1N. The van der Waals surface area contributed by atoms with E-state index in [1.807, 2.05) is 19.1 Å². The van der Waals surface area contributed by atoms with Crippen LogP contribution >= 0.6 is 0 Å². The summed E-state index contributed by atoms with van der Waals surface area (Å²) in [5.74, 6) is 1.35. The molecule has 0 aliphatic carbocycles. The average Bonchev–Trinajstić information content (AvgIpc) is 2.92. The van der Waals surface area contributed by atoms with Gasteiger partial charge < -0.3 is 20.7 Å². The molecule has 0 unspecified atom stereocenters. The van der Waals surface area contributed by atoms with Gasteiger partial charge in [0, 0.05) is 6.54 Å². The molecular formula is C14H24N4O. The second-order valence-electron chi connectivity index (χ2n) is 4.85. The van der Waals surface area contributed by atoms with Crippen molar-refractivity contribution in [1.82, 2.24) is 9.88 Å². The van der Waals surface area contributed by atoms with E-state index in [2.05, 4.69) is 15.2 Å². The first kappa shape index (κ1) is 13.9. The molecule has 0 aromatic carbocycles. The summed E-state index contributed by atoms with van der Waals surface area (Å²) in [5.41, 5.74) is 6.38. The quantitative estimate of drug-likeness (QED) is 0.737. The van der Waals surface area contributed by atoms with E-state index in [1.165, 1.54) is 32.5 Å². The Morgan fingerprint density at radius 3 is 2.89 bits per heavy atom. The summed E-state index contributed by atoms with van der Waals surface area (Å²) in [6.07, 6.45) is 3.84. The van der Waals surface area contributed by atoms with Gasteiger partial charge in [-0.1, -0.05) is 0 Å². The number of nitrogen functional groups attached to an aromatic ring is 1. The Labute approximate surface area is 115 Å². The van der Waals surface area contributed by atoms with E-state index in [-0.39, 0.29) is 0 Å². The molecule has 5 heteroatoms. The van der Waals surface area contributed by atoms with Crippen LogP contribution in [0.3, 0.4) is 0 Å². The first-order valence-electron chi connectivity index (χ1n) is 7.15. The van der Waals surface area contributed by atoms with Crippen molar-refractivity contribution in [2.45, 2.75) is 26.2 Å². The number of likely N-dealkylation sites (tertiary alicyclic amines) is 1. The summed E-state index contributed by atoms with van der Waals surface area (Å²) in [5, 5.41) is 3.32. The second kappa shape index (κ2) is 7.19. The van der Waals surface area contributed by atoms with Gasteiger partial charge in [-0.3, -0.25) is 0 Å². The van der Waals surface area contributed by atoms with Crippen molar-refractivity contribution in [3.8, 4) is 5.88 Å². The van der Waals surface area contributed by atoms with Crippen molar-refractivity contribution in [2.75, 3.05) is 43.8 Å². The number of nitrogens with two attached hydrogens (primary N) is 1. The van der Waals surface area contributed by atoms with Crippen LogP contribution in [0.1, 0.15) is 26.2 Å². The zero-order chi connectivity index (χ0) is 13.5. The van der Waals surface area contributed by atoms with Gasteiger partial charge in [-0.25, -0.2) is 0 Å².